The first-order valence-corrected chi connectivity index (χ1v) is 8.01. The molecule has 0 aliphatic carbocycles. The van der Waals surface area contributed by atoms with E-state index < -0.39 is 0 Å². The van der Waals surface area contributed by atoms with Crippen LogP contribution >= 0.6 is 0 Å². The molecule has 1 amide bonds. The van der Waals surface area contributed by atoms with Crippen molar-refractivity contribution in [1.82, 2.24) is 25.6 Å². The van der Waals surface area contributed by atoms with Crippen molar-refractivity contribution in [3.8, 4) is 11.4 Å². The van der Waals surface area contributed by atoms with Gasteiger partial charge in [0.1, 0.15) is 11.5 Å². The van der Waals surface area contributed by atoms with Crippen LogP contribution in [0, 0.1) is 12.3 Å². The lowest BCUT2D eigenvalue weighted by atomic mass is 10.1. The van der Waals surface area contributed by atoms with E-state index in [2.05, 4.69) is 30.9 Å². The van der Waals surface area contributed by atoms with Gasteiger partial charge in [0, 0.05) is 30.7 Å². The number of hydrogen-bond acceptors (Lipinski definition) is 6. The lowest BCUT2D eigenvalue weighted by Crippen LogP contribution is -2.21. The standard InChI is InChI=1S/C18H19N7O/c1-10-4-7-21-8-12(10)17-22-9-13-16(25-17)15(18(26)24-13)11(2)23-14(19)5-6-20-3/h4-9,20H,1-3H3,(H2,19,23)(H,24,26)/b6-5-,15-11-. The van der Waals surface area contributed by atoms with Gasteiger partial charge in [-0.2, -0.15) is 0 Å². The number of nitrogens with one attached hydrogen (secondary N) is 4. The number of carbonyl (C=O) groups excluding carboxylic acids is 1. The third-order valence-electron chi connectivity index (χ3n) is 3.89. The van der Waals surface area contributed by atoms with Gasteiger partial charge in [-0.05, 0) is 37.8 Å². The van der Waals surface area contributed by atoms with Crippen LogP contribution in [0.15, 0.2) is 42.6 Å². The van der Waals surface area contributed by atoms with Crippen molar-refractivity contribution in [3.05, 3.63) is 53.9 Å². The highest BCUT2D eigenvalue weighted by Gasteiger charge is 2.29. The van der Waals surface area contributed by atoms with Crippen LogP contribution in [0.25, 0.3) is 17.0 Å². The van der Waals surface area contributed by atoms with E-state index in [1.54, 1.807) is 44.8 Å². The van der Waals surface area contributed by atoms with E-state index in [9.17, 15) is 4.79 Å². The molecule has 0 saturated carbocycles. The summed E-state index contributed by atoms with van der Waals surface area (Å²) in [5.41, 5.74) is 3.81. The molecule has 8 nitrogen and oxygen atoms in total. The van der Waals surface area contributed by atoms with Crippen LogP contribution in [-0.2, 0) is 4.79 Å². The first kappa shape index (κ1) is 17.3. The van der Waals surface area contributed by atoms with Gasteiger partial charge in [0.2, 0.25) is 0 Å². The van der Waals surface area contributed by atoms with E-state index in [0.29, 0.717) is 28.5 Å². The number of carbonyl (C=O) groups is 1. The normalized spacial score (nSPS) is 14.8. The highest BCUT2D eigenvalue weighted by Crippen LogP contribution is 2.32. The molecule has 2 aromatic heterocycles. The van der Waals surface area contributed by atoms with Crippen molar-refractivity contribution in [3.63, 3.8) is 0 Å². The summed E-state index contributed by atoms with van der Waals surface area (Å²) in [6, 6.07) is 1.88. The molecule has 0 aromatic carbocycles. The predicted molar refractivity (Wildman–Crippen MR) is 100 cm³/mol. The molecule has 0 saturated heterocycles. The van der Waals surface area contributed by atoms with Crippen LogP contribution in [0.2, 0.25) is 0 Å². The van der Waals surface area contributed by atoms with Gasteiger partial charge in [-0.1, -0.05) is 0 Å². The molecule has 0 atom stereocenters. The number of pyridine rings is 1. The molecule has 0 bridgehead atoms. The average Bonchev–Trinajstić information content (AvgIpc) is 2.95. The van der Waals surface area contributed by atoms with Crippen LogP contribution < -0.4 is 16.0 Å². The molecule has 3 rings (SSSR count). The molecule has 0 unspecified atom stereocenters. The van der Waals surface area contributed by atoms with Gasteiger partial charge in [0.05, 0.1) is 17.5 Å². The third-order valence-corrected chi connectivity index (χ3v) is 3.89. The van der Waals surface area contributed by atoms with Crippen molar-refractivity contribution < 1.29 is 4.79 Å². The zero-order valence-corrected chi connectivity index (χ0v) is 14.7. The molecule has 2 aromatic rings. The topological polar surface area (TPSA) is 116 Å². The molecule has 26 heavy (non-hydrogen) atoms. The molecule has 1 aliphatic heterocycles. The molecule has 8 heteroatoms. The minimum atomic E-state index is -0.273. The van der Waals surface area contributed by atoms with Crippen LogP contribution in [0.5, 0.6) is 0 Å². The second-order valence-corrected chi connectivity index (χ2v) is 5.76. The Balaban J connectivity index is 2.02. The van der Waals surface area contributed by atoms with Crippen molar-refractivity contribution in [2.45, 2.75) is 13.8 Å². The Hall–Kier alpha value is -3.55. The van der Waals surface area contributed by atoms with Gasteiger partial charge >= 0.3 is 0 Å². The highest BCUT2D eigenvalue weighted by atomic mass is 16.2. The molecular weight excluding hydrogens is 330 g/mol. The van der Waals surface area contributed by atoms with Crippen LogP contribution in [-0.4, -0.2) is 33.7 Å². The molecule has 0 radical (unpaired) electrons. The SMILES string of the molecule is CN/C=C\C(=N)N/C(C)=C1\C(=O)Nc2cnc(-c3cnccc3C)nc21. The largest absolute Gasteiger partial charge is 0.394 e. The van der Waals surface area contributed by atoms with Crippen molar-refractivity contribution in [2.24, 2.45) is 0 Å². The Bertz CT molecular complexity index is 946. The summed E-state index contributed by atoms with van der Waals surface area (Å²) < 4.78 is 0. The van der Waals surface area contributed by atoms with E-state index in [1.165, 1.54) is 0 Å². The molecule has 0 fully saturated rings. The number of fused-ring (bicyclic) bond motifs is 1. The second kappa shape index (κ2) is 7.14. The lowest BCUT2D eigenvalue weighted by molar-refractivity contribution is -0.110. The lowest BCUT2D eigenvalue weighted by Gasteiger charge is -2.09. The fraction of sp³-hybridized carbons (Fsp3) is 0.167. The number of aryl methyl sites for hydroxylation is 1. The highest BCUT2D eigenvalue weighted by molar-refractivity contribution is 6.31. The Labute approximate surface area is 151 Å². The Morgan fingerprint density at radius 3 is 2.88 bits per heavy atom. The van der Waals surface area contributed by atoms with E-state index in [4.69, 9.17) is 5.41 Å². The number of amides is 1. The fourth-order valence-corrected chi connectivity index (χ4v) is 2.60. The average molecular weight is 349 g/mol. The molecule has 4 N–H and O–H groups in total. The van der Waals surface area contributed by atoms with E-state index in [0.717, 1.165) is 11.1 Å². The minimum absolute atomic E-state index is 0.156. The van der Waals surface area contributed by atoms with Crippen molar-refractivity contribution in [2.75, 3.05) is 12.4 Å². The summed E-state index contributed by atoms with van der Waals surface area (Å²) in [5, 5.41) is 16.4. The Morgan fingerprint density at radius 1 is 1.35 bits per heavy atom. The first-order chi connectivity index (χ1) is 12.5. The van der Waals surface area contributed by atoms with E-state index in [-0.39, 0.29) is 11.7 Å². The summed E-state index contributed by atoms with van der Waals surface area (Å²) in [6.45, 7) is 3.69. The first-order valence-electron chi connectivity index (χ1n) is 8.01. The Kier molecular flexibility index (Phi) is 4.74. The summed E-state index contributed by atoms with van der Waals surface area (Å²) in [4.78, 5) is 25.4. The van der Waals surface area contributed by atoms with Crippen molar-refractivity contribution >= 4 is 23.0 Å². The van der Waals surface area contributed by atoms with Gasteiger partial charge in [-0.3, -0.25) is 15.2 Å². The summed E-state index contributed by atoms with van der Waals surface area (Å²) in [5.74, 6) is 0.383. The third kappa shape index (κ3) is 3.30. The molecule has 3 heterocycles. The predicted octanol–water partition coefficient (Wildman–Crippen LogP) is 1.83. The van der Waals surface area contributed by atoms with E-state index in [1.807, 2.05) is 13.0 Å². The number of amidine groups is 1. The van der Waals surface area contributed by atoms with Gasteiger partial charge < -0.3 is 16.0 Å². The van der Waals surface area contributed by atoms with Crippen molar-refractivity contribution in [1.29, 1.82) is 5.41 Å². The quantitative estimate of drug-likeness (QED) is 0.380. The minimum Gasteiger partial charge on any atom is -0.394 e. The summed E-state index contributed by atoms with van der Waals surface area (Å²) >= 11 is 0. The maximum Gasteiger partial charge on any atom is 0.259 e. The fourth-order valence-electron chi connectivity index (χ4n) is 2.60. The van der Waals surface area contributed by atoms with E-state index >= 15 is 0 Å². The smallest absolute Gasteiger partial charge is 0.259 e. The zero-order valence-electron chi connectivity index (χ0n) is 14.7. The second-order valence-electron chi connectivity index (χ2n) is 5.76. The van der Waals surface area contributed by atoms with Gasteiger partial charge in [-0.25, -0.2) is 9.97 Å². The summed E-state index contributed by atoms with van der Waals surface area (Å²) in [6.07, 6.45) is 8.19. The zero-order chi connectivity index (χ0) is 18.7. The van der Waals surface area contributed by atoms with Crippen LogP contribution in [0.1, 0.15) is 18.2 Å². The molecular formula is C18H19N7O. The number of aromatic nitrogens is 3. The molecule has 0 spiro atoms. The van der Waals surface area contributed by atoms with Crippen LogP contribution in [0.4, 0.5) is 5.69 Å². The molecule has 132 valence electrons. The number of hydrogen-bond donors (Lipinski definition) is 4. The number of allylic oxidation sites excluding steroid dienone is 1. The van der Waals surface area contributed by atoms with Gasteiger partial charge in [0.25, 0.3) is 5.91 Å². The molecule has 1 aliphatic rings. The number of rotatable bonds is 4. The van der Waals surface area contributed by atoms with Gasteiger partial charge in [0.15, 0.2) is 5.82 Å². The monoisotopic (exact) mass is 349 g/mol. The summed E-state index contributed by atoms with van der Waals surface area (Å²) in [7, 11) is 1.74. The maximum atomic E-state index is 12.4. The maximum absolute atomic E-state index is 12.4. The van der Waals surface area contributed by atoms with Crippen LogP contribution in [0.3, 0.4) is 0 Å². The number of anilines is 1. The number of nitrogens with zero attached hydrogens (tertiary/aromatic N) is 3. The van der Waals surface area contributed by atoms with Gasteiger partial charge in [-0.15, -0.1) is 0 Å². The Morgan fingerprint density at radius 2 is 2.15 bits per heavy atom.